The van der Waals surface area contributed by atoms with Crippen LogP contribution < -0.4 is 16.0 Å². The molecule has 0 bridgehead atoms. The van der Waals surface area contributed by atoms with Crippen LogP contribution in [0.2, 0.25) is 0 Å². The average molecular weight is 434 g/mol. The second kappa shape index (κ2) is 9.72. The van der Waals surface area contributed by atoms with Crippen molar-refractivity contribution < 1.29 is 22.8 Å². The minimum atomic E-state index is -4.40. The number of amides is 3. The smallest absolute Gasteiger partial charge is 0.368 e. The van der Waals surface area contributed by atoms with Gasteiger partial charge < -0.3 is 20.9 Å². The summed E-state index contributed by atoms with van der Waals surface area (Å²) in [7, 11) is 0. The molecule has 9 heteroatoms. The van der Waals surface area contributed by atoms with Crippen LogP contribution >= 0.6 is 0 Å². The van der Waals surface area contributed by atoms with Gasteiger partial charge in [-0.3, -0.25) is 4.79 Å². The van der Waals surface area contributed by atoms with Crippen molar-refractivity contribution in [1.82, 2.24) is 10.2 Å². The van der Waals surface area contributed by atoms with Gasteiger partial charge in [-0.15, -0.1) is 0 Å². The Kier molecular flexibility index (Phi) is 7.04. The third kappa shape index (κ3) is 6.13. The van der Waals surface area contributed by atoms with Crippen LogP contribution in [-0.4, -0.2) is 55.7 Å². The standard InChI is InChI=1S/C22H25F3N4O2/c23-22(24,25)18(14-16-4-2-1-3-5-16)15-27-21(31)29-12-10-28(11-13-29)19-8-6-17(7-9-19)20(26)30/h1-9,18H,10-15H2,(H2,26,30)(H,27,31). The minimum Gasteiger partial charge on any atom is -0.368 e. The van der Waals surface area contributed by atoms with Gasteiger partial charge in [0.05, 0.1) is 5.92 Å². The lowest BCUT2D eigenvalue weighted by molar-refractivity contribution is -0.172. The van der Waals surface area contributed by atoms with Gasteiger partial charge in [-0.1, -0.05) is 30.3 Å². The minimum absolute atomic E-state index is 0.181. The largest absolute Gasteiger partial charge is 0.393 e. The van der Waals surface area contributed by atoms with Crippen LogP contribution in [0.5, 0.6) is 0 Å². The number of carbonyl (C=O) groups is 2. The van der Waals surface area contributed by atoms with Crippen molar-refractivity contribution in [1.29, 1.82) is 0 Å². The zero-order chi connectivity index (χ0) is 22.4. The molecule has 1 heterocycles. The normalized spacial score (nSPS) is 15.5. The zero-order valence-electron chi connectivity index (χ0n) is 16.9. The lowest BCUT2D eigenvalue weighted by Gasteiger charge is -2.36. The Labute approximate surface area is 178 Å². The summed E-state index contributed by atoms with van der Waals surface area (Å²) in [5.74, 6) is -2.15. The van der Waals surface area contributed by atoms with Crippen molar-refractivity contribution in [3.05, 3.63) is 65.7 Å². The molecule has 1 unspecified atom stereocenters. The van der Waals surface area contributed by atoms with E-state index in [1.807, 2.05) is 4.90 Å². The summed E-state index contributed by atoms with van der Waals surface area (Å²) >= 11 is 0. The van der Waals surface area contributed by atoms with Crippen LogP contribution in [0.25, 0.3) is 0 Å². The lowest BCUT2D eigenvalue weighted by Crippen LogP contribution is -2.53. The Morgan fingerprint density at radius 3 is 2.13 bits per heavy atom. The van der Waals surface area contributed by atoms with E-state index in [2.05, 4.69) is 5.32 Å². The first-order valence-electron chi connectivity index (χ1n) is 10.0. The molecule has 2 aromatic rings. The number of nitrogens with one attached hydrogen (secondary N) is 1. The Bertz CT molecular complexity index is 880. The van der Waals surface area contributed by atoms with E-state index in [4.69, 9.17) is 5.73 Å². The van der Waals surface area contributed by atoms with Gasteiger partial charge in [-0.2, -0.15) is 13.2 Å². The van der Waals surface area contributed by atoms with E-state index in [-0.39, 0.29) is 6.42 Å². The maximum atomic E-state index is 13.4. The number of nitrogens with two attached hydrogens (primary N) is 1. The molecule has 1 fully saturated rings. The molecule has 2 aromatic carbocycles. The first-order chi connectivity index (χ1) is 14.7. The molecule has 0 spiro atoms. The number of primary amides is 1. The maximum Gasteiger partial charge on any atom is 0.393 e. The quantitative estimate of drug-likeness (QED) is 0.734. The Hall–Kier alpha value is -3.23. The van der Waals surface area contributed by atoms with Gasteiger partial charge in [-0.25, -0.2) is 4.79 Å². The molecule has 6 nitrogen and oxygen atoms in total. The molecule has 31 heavy (non-hydrogen) atoms. The molecule has 1 aliphatic rings. The molecule has 1 saturated heterocycles. The zero-order valence-corrected chi connectivity index (χ0v) is 16.9. The number of rotatable bonds is 6. The highest BCUT2D eigenvalue weighted by atomic mass is 19.4. The van der Waals surface area contributed by atoms with Gasteiger partial charge >= 0.3 is 12.2 Å². The molecule has 0 radical (unpaired) electrons. The van der Waals surface area contributed by atoms with Crippen molar-refractivity contribution in [3.8, 4) is 0 Å². The van der Waals surface area contributed by atoms with E-state index in [0.717, 1.165) is 5.69 Å². The third-order valence-electron chi connectivity index (χ3n) is 5.37. The van der Waals surface area contributed by atoms with Crippen LogP contribution in [0.4, 0.5) is 23.7 Å². The Morgan fingerprint density at radius 1 is 0.968 bits per heavy atom. The van der Waals surface area contributed by atoms with E-state index < -0.39 is 30.6 Å². The van der Waals surface area contributed by atoms with E-state index in [1.165, 1.54) is 4.90 Å². The number of nitrogens with zero attached hydrogens (tertiary/aromatic N) is 2. The van der Waals surface area contributed by atoms with Gasteiger partial charge in [0.25, 0.3) is 0 Å². The molecule has 0 saturated carbocycles. The van der Waals surface area contributed by atoms with Crippen LogP contribution in [0.3, 0.4) is 0 Å². The summed E-state index contributed by atoms with van der Waals surface area (Å²) in [6.45, 7) is 1.38. The third-order valence-corrected chi connectivity index (χ3v) is 5.37. The number of hydrogen-bond donors (Lipinski definition) is 2. The highest BCUT2D eigenvalue weighted by Gasteiger charge is 2.39. The molecule has 1 atom stereocenters. The fourth-order valence-electron chi connectivity index (χ4n) is 3.53. The number of alkyl halides is 3. The predicted octanol–water partition coefficient (Wildman–Crippen LogP) is 3.04. The number of anilines is 1. The SMILES string of the molecule is NC(=O)c1ccc(N2CCN(C(=O)NCC(Cc3ccccc3)C(F)(F)F)CC2)cc1. The monoisotopic (exact) mass is 434 g/mol. The summed E-state index contributed by atoms with van der Waals surface area (Å²) in [6, 6.07) is 14.8. The highest BCUT2D eigenvalue weighted by molar-refractivity contribution is 5.93. The average Bonchev–Trinajstić information content (AvgIpc) is 2.76. The van der Waals surface area contributed by atoms with Gasteiger partial charge in [0.15, 0.2) is 0 Å². The Balaban J connectivity index is 1.51. The van der Waals surface area contributed by atoms with Crippen LogP contribution in [-0.2, 0) is 6.42 Å². The van der Waals surface area contributed by atoms with E-state index in [9.17, 15) is 22.8 Å². The van der Waals surface area contributed by atoms with Gasteiger partial charge in [0, 0.05) is 44.0 Å². The van der Waals surface area contributed by atoms with E-state index in [0.29, 0.717) is 37.3 Å². The Morgan fingerprint density at radius 2 is 1.58 bits per heavy atom. The first kappa shape index (κ1) is 22.5. The lowest BCUT2D eigenvalue weighted by atomic mass is 9.99. The van der Waals surface area contributed by atoms with Crippen molar-refractivity contribution in [2.24, 2.45) is 11.7 Å². The highest BCUT2D eigenvalue weighted by Crippen LogP contribution is 2.29. The molecular formula is C22H25F3N4O2. The second-order valence-electron chi connectivity index (χ2n) is 7.50. The number of urea groups is 1. The molecule has 3 rings (SSSR count). The van der Waals surface area contributed by atoms with Gasteiger partial charge in [0.1, 0.15) is 0 Å². The molecule has 1 aliphatic heterocycles. The number of benzene rings is 2. The predicted molar refractivity (Wildman–Crippen MR) is 112 cm³/mol. The van der Waals surface area contributed by atoms with Crippen molar-refractivity contribution in [2.45, 2.75) is 12.6 Å². The van der Waals surface area contributed by atoms with Crippen molar-refractivity contribution in [2.75, 3.05) is 37.6 Å². The molecule has 0 aliphatic carbocycles. The topological polar surface area (TPSA) is 78.7 Å². The van der Waals surface area contributed by atoms with Crippen molar-refractivity contribution >= 4 is 17.6 Å². The number of piperazine rings is 1. The fraction of sp³-hybridized carbons (Fsp3) is 0.364. The molecule has 166 valence electrons. The molecular weight excluding hydrogens is 409 g/mol. The van der Waals surface area contributed by atoms with Gasteiger partial charge in [-0.05, 0) is 36.2 Å². The molecule has 3 amide bonds. The van der Waals surface area contributed by atoms with Crippen LogP contribution in [0, 0.1) is 5.92 Å². The summed E-state index contributed by atoms with van der Waals surface area (Å²) in [5.41, 5.74) is 7.13. The van der Waals surface area contributed by atoms with E-state index in [1.54, 1.807) is 54.6 Å². The maximum absolute atomic E-state index is 13.4. The summed E-state index contributed by atoms with van der Waals surface area (Å²) < 4.78 is 40.2. The van der Waals surface area contributed by atoms with Gasteiger partial charge in [0.2, 0.25) is 5.91 Å². The molecule has 3 N–H and O–H groups in total. The number of halogens is 3. The van der Waals surface area contributed by atoms with Crippen LogP contribution in [0.15, 0.2) is 54.6 Å². The summed E-state index contributed by atoms with van der Waals surface area (Å²) in [5, 5.41) is 2.45. The number of hydrogen-bond acceptors (Lipinski definition) is 3. The fourth-order valence-corrected chi connectivity index (χ4v) is 3.53. The van der Waals surface area contributed by atoms with Crippen molar-refractivity contribution in [3.63, 3.8) is 0 Å². The second-order valence-corrected chi connectivity index (χ2v) is 7.50. The molecule has 0 aromatic heterocycles. The number of carbonyl (C=O) groups excluding carboxylic acids is 2. The van der Waals surface area contributed by atoms with Crippen LogP contribution in [0.1, 0.15) is 15.9 Å². The van der Waals surface area contributed by atoms with E-state index >= 15 is 0 Å². The summed E-state index contributed by atoms with van der Waals surface area (Å²) in [6.07, 6.45) is -4.58. The first-order valence-corrected chi connectivity index (χ1v) is 10.0. The summed E-state index contributed by atoms with van der Waals surface area (Å²) in [4.78, 5) is 27.2.